The predicted molar refractivity (Wildman–Crippen MR) is 399 cm³/mol. The van der Waals surface area contributed by atoms with Crippen molar-refractivity contribution in [3.63, 3.8) is 0 Å². The van der Waals surface area contributed by atoms with Gasteiger partial charge in [-0.25, -0.2) is 28.8 Å². The fourth-order valence-electron chi connectivity index (χ4n) is 14.9. The highest BCUT2D eigenvalue weighted by atomic mass is 16.6. The number of hydrogen-bond donors (Lipinski definition) is 8. The van der Waals surface area contributed by atoms with Crippen molar-refractivity contribution in [1.29, 1.82) is 0 Å². The number of benzene rings is 3. The molecule has 7 rings (SSSR count). The monoisotopic (exact) mass is 1550 g/mol. The van der Waals surface area contributed by atoms with Crippen molar-refractivity contribution in [2.75, 3.05) is 79.2 Å². The molecule has 4 aliphatic rings. The molecular weight excluding hydrogens is 1440 g/mol. The van der Waals surface area contributed by atoms with Crippen LogP contribution >= 0.6 is 0 Å². The third-order valence-corrected chi connectivity index (χ3v) is 20.9. The molecule has 8 amide bonds. The van der Waals surface area contributed by atoms with Crippen molar-refractivity contribution < 1.29 is 115 Å². The second kappa shape index (κ2) is 38.6. The molecule has 1 aliphatic heterocycles. The number of rotatable bonds is 35. The lowest BCUT2D eigenvalue weighted by atomic mass is 9.44. The van der Waals surface area contributed by atoms with Gasteiger partial charge >= 0.3 is 42.2 Å². The number of nitrogens with zero attached hydrogens (tertiary/aromatic N) is 2. The lowest BCUT2D eigenvalue weighted by Gasteiger charge is -2.67. The summed E-state index contributed by atoms with van der Waals surface area (Å²) in [6.07, 6.45) is -12.8. The molecule has 3 aliphatic carbocycles. The average Bonchev–Trinajstić information content (AvgIpc) is 0.668. The average molecular weight is 1560 g/mol. The summed E-state index contributed by atoms with van der Waals surface area (Å²) in [4.78, 5) is 170. The summed E-state index contributed by atoms with van der Waals surface area (Å²) in [6.45, 7) is 17.2. The van der Waals surface area contributed by atoms with Gasteiger partial charge in [0.15, 0.2) is 11.4 Å². The van der Waals surface area contributed by atoms with Gasteiger partial charge in [-0.05, 0) is 99.9 Å². The molecule has 3 fully saturated rings. The number of ether oxygens (including phenoxy) is 10. The molecule has 0 radical (unpaired) electrons. The van der Waals surface area contributed by atoms with E-state index >= 15 is 14.4 Å². The van der Waals surface area contributed by atoms with E-state index in [1.807, 2.05) is 0 Å². The van der Waals surface area contributed by atoms with Crippen LogP contribution in [0.4, 0.5) is 24.9 Å². The van der Waals surface area contributed by atoms with E-state index in [0.717, 1.165) is 9.80 Å². The van der Waals surface area contributed by atoms with Gasteiger partial charge in [0.05, 0.1) is 49.4 Å². The molecule has 13 atom stereocenters. The molecule has 111 heavy (non-hydrogen) atoms. The number of aliphatic hydroxyl groups excluding tert-OH is 1. The van der Waals surface area contributed by atoms with E-state index < -0.39 is 166 Å². The maximum Gasteiger partial charge on any atom is 0.410 e. The number of alkyl carbamates (subject to hydrolysis) is 1. The Morgan fingerprint density at radius 2 is 1.45 bits per heavy atom. The number of esters is 3. The summed E-state index contributed by atoms with van der Waals surface area (Å²) >= 11 is 0. The molecule has 610 valence electrons. The number of likely N-dealkylation sites (N-methyl/N-ethyl adjacent to an activating group) is 1. The zero-order chi connectivity index (χ0) is 82.1. The number of carbonyl (C=O) groups is 12. The summed E-state index contributed by atoms with van der Waals surface area (Å²) in [6, 6.07) is 17.4. The Morgan fingerprint density at radius 1 is 0.793 bits per heavy atom. The largest absolute Gasteiger partial charge is 0.455 e. The Labute approximate surface area is 646 Å². The first-order chi connectivity index (χ1) is 52.3. The number of nitrogens with two attached hydrogens (primary N) is 1. The van der Waals surface area contributed by atoms with Crippen LogP contribution in [0.2, 0.25) is 0 Å². The molecule has 2 saturated carbocycles. The zero-order valence-electron chi connectivity index (χ0n) is 66.0. The first-order valence-corrected chi connectivity index (χ1v) is 37.2. The first-order valence-electron chi connectivity index (χ1n) is 37.2. The second-order valence-corrected chi connectivity index (χ2v) is 30.7. The number of anilines is 1. The number of methoxy groups -OCH3 is 2. The number of fused-ring (bicyclic) bond motifs is 5. The Hall–Kier alpha value is -9.60. The number of hydrogen-bond acceptors (Lipinski definition) is 24. The fraction of sp³-hybridized carbons (Fsp3) is 0.595. The highest BCUT2D eigenvalue weighted by Crippen LogP contribution is 2.65. The minimum absolute atomic E-state index is 0.0105. The van der Waals surface area contributed by atoms with Gasteiger partial charge in [-0.2, -0.15) is 0 Å². The van der Waals surface area contributed by atoms with Crippen LogP contribution in [0.5, 0.6) is 0 Å². The lowest BCUT2D eigenvalue weighted by Crippen LogP contribution is -2.82. The summed E-state index contributed by atoms with van der Waals surface area (Å²) in [5.74, 6) is -7.73. The highest BCUT2D eigenvalue weighted by Gasteiger charge is 2.78. The summed E-state index contributed by atoms with van der Waals surface area (Å²) in [5, 5.41) is 37.3. The quantitative estimate of drug-likeness (QED) is 0.0138. The van der Waals surface area contributed by atoms with Gasteiger partial charge in [-0.15, -0.1) is 0 Å². The minimum atomic E-state index is -2.43. The van der Waals surface area contributed by atoms with Gasteiger partial charge in [-0.3, -0.25) is 28.8 Å². The number of ketones is 2. The van der Waals surface area contributed by atoms with Crippen LogP contribution in [0, 0.1) is 28.6 Å². The molecule has 3 aromatic carbocycles. The highest BCUT2D eigenvalue weighted by molar-refractivity contribution is 5.99. The number of Topliss-reactive ketones (excluding diaryl/α,β-unsaturated/α-hetero) is 2. The first kappa shape index (κ1) is 88.6. The molecular formula is C79H110N8O24. The van der Waals surface area contributed by atoms with Gasteiger partial charge in [-0.1, -0.05) is 102 Å². The normalized spacial score (nSPS) is 23.5. The van der Waals surface area contributed by atoms with Crippen molar-refractivity contribution in [3.8, 4) is 0 Å². The Bertz CT molecular complexity index is 3830. The van der Waals surface area contributed by atoms with Crippen LogP contribution in [-0.4, -0.2) is 231 Å². The van der Waals surface area contributed by atoms with Gasteiger partial charge < -0.3 is 99.7 Å². The number of aliphatic hydroxyl groups is 2. The smallest absolute Gasteiger partial charge is 0.410 e. The Morgan fingerprint density at radius 3 is 2.03 bits per heavy atom. The molecule has 32 nitrogen and oxygen atoms in total. The van der Waals surface area contributed by atoms with Crippen molar-refractivity contribution in [1.82, 2.24) is 31.1 Å². The lowest BCUT2D eigenvalue weighted by molar-refractivity contribution is -0.347. The maximum absolute atomic E-state index is 16.1. The molecule has 1 saturated heterocycles. The van der Waals surface area contributed by atoms with Crippen molar-refractivity contribution >= 4 is 77.2 Å². The molecule has 32 heteroatoms. The summed E-state index contributed by atoms with van der Waals surface area (Å²) in [5.41, 5.74) is -2.19. The van der Waals surface area contributed by atoms with E-state index in [4.69, 9.17) is 53.1 Å². The molecule has 9 N–H and O–H groups in total. The van der Waals surface area contributed by atoms with Crippen molar-refractivity contribution in [3.05, 3.63) is 113 Å². The van der Waals surface area contributed by atoms with Crippen LogP contribution in [-0.2, 0) is 87.5 Å². The number of carbonyl (C=O) groups excluding carboxylic acids is 12. The SMILES string of the molecule is CO[C@H]1C(=O)[C@]2(C)[C@@H](OC)C[C@H]3OC[C@@]3(OC(C)=O)[C@H]2[C@H](OC(=O)c2ccccc2)[C@]2(O)C[C@H](OC(=O)[C@H](OC(=O)N(CCOCCO)CCN(C)C(=O)OCc3ccc(NC(=O)[C@H](CCCNC(N)=O)NC(=O)[C@@H](NC(=O)CCC(=O)C(C)C)C(C)C)cc3)[C@@H](NC(=O)OC(C)(C)C)c3ccccc3)C(C)=C1C2(C)C. The standard InChI is InChI=1S/C79H110N8O24/c1-45(2)54(90)32-33-58(91)84-60(46(3)4)68(94)83-53(27-22-34-81-71(80)97)67(93)82-52-30-28-49(29-31-52)43-105-73(99)86(13)35-36-87(37-39-104-40-38-88)74(100)108-63(61(50-23-18-16-19-24-50)85-72(98)111-75(7,8)9)70(96)107-55-42-79(101)66(109-69(95)51-25-20-17-21-26-51)64-77(12,65(92)62(103-15)59(47(55)5)76(79,10)11)56(102-14)41-57-78(64,44-106-57)110-48(6)89/h16-21,23-26,28-31,45-46,53,55-57,60-64,66,88,101H,22,27,32-44H2,1-15H3,(H,82,93)(H,83,94)(H,84,91)(H,85,98)(H3,80,81,97)/t53-,55-,56-,57+,60-,61-,62+,63+,64-,66-,77+,78-,79+/m0/s1. The molecule has 0 unspecified atom stereocenters. The zero-order valence-corrected chi connectivity index (χ0v) is 66.0. The van der Waals surface area contributed by atoms with E-state index in [1.165, 1.54) is 52.5 Å². The number of amides is 8. The topological polar surface area (TPSA) is 430 Å². The van der Waals surface area contributed by atoms with Gasteiger partial charge in [0.1, 0.15) is 66.1 Å². The van der Waals surface area contributed by atoms with Crippen LogP contribution in [0.3, 0.4) is 0 Å². The Balaban J connectivity index is 1.17. The van der Waals surface area contributed by atoms with E-state index in [-0.39, 0.29) is 131 Å². The van der Waals surface area contributed by atoms with Crippen molar-refractivity contribution in [2.45, 2.75) is 200 Å². The van der Waals surface area contributed by atoms with Crippen LogP contribution in [0.25, 0.3) is 0 Å². The third kappa shape index (κ3) is 21.5. The van der Waals surface area contributed by atoms with E-state index in [1.54, 1.807) is 137 Å². The van der Waals surface area contributed by atoms with Gasteiger partial charge in [0.25, 0.3) is 0 Å². The predicted octanol–water partition coefficient (Wildman–Crippen LogP) is 6.31. The fourth-order valence-corrected chi connectivity index (χ4v) is 14.9. The van der Waals surface area contributed by atoms with E-state index in [9.17, 15) is 53.4 Å². The number of nitrogens with one attached hydrogen (secondary N) is 5. The van der Waals surface area contributed by atoms with E-state index in [2.05, 4.69) is 26.6 Å². The van der Waals surface area contributed by atoms with Crippen molar-refractivity contribution in [2.24, 2.45) is 34.3 Å². The van der Waals surface area contributed by atoms with Crippen LogP contribution in [0.15, 0.2) is 96.1 Å². The summed E-state index contributed by atoms with van der Waals surface area (Å²) in [7, 11) is 4.08. The molecule has 2 bridgehead atoms. The molecule has 3 aromatic rings. The minimum Gasteiger partial charge on any atom is -0.455 e. The third-order valence-electron chi connectivity index (χ3n) is 20.9. The molecule has 1 heterocycles. The van der Waals surface area contributed by atoms with Gasteiger partial charge in [0, 0.05) is 97.1 Å². The summed E-state index contributed by atoms with van der Waals surface area (Å²) < 4.78 is 61.3. The molecule has 0 aromatic heterocycles. The maximum atomic E-state index is 16.1. The van der Waals surface area contributed by atoms with Crippen LogP contribution < -0.4 is 32.3 Å². The van der Waals surface area contributed by atoms with E-state index in [0.29, 0.717) is 5.56 Å². The molecule has 0 spiro atoms. The number of urea groups is 1. The Kier molecular flexibility index (Phi) is 30.8. The second-order valence-electron chi connectivity index (χ2n) is 30.7. The van der Waals surface area contributed by atoms with Crippen LogP contribution in [0.1, 0.15) is 149 Å². The number of primary amides is 1. The van der Waals surface area contributed by atoms with Gasteiger partial charge in [0.2, 0.25) is 23.8 Å².